The minimum Gasteiger partial charge on any atom is -0.491 e. The molecule has 0 amide bonds. The van der Waals surface area contributed by atoms with Gasteiger partial charge >= 0.3 is 0 Å². The van der Waals surface area contributed by atoms with E-state index >= 15 is 0 Å². The van der Waals surface area contributed by atoms with Gasteiger partial charge in [-0.15, -0.1) is 0 Å². The highest BCUT2D eigenvalue weighted by Gasteiger charge is 1.96. The molecule has 0 saturated heterocycles. The summed E-state index contributed by atoms with van der Waals surface area (Å²) in [5, 5.41) is 3.29. The molecule has 120 valence electrons. The quantitative estimate of drug-likeness (QED) is 0.563. The van der Waals surface area contributed by atoms with Gasteiger partial charge in [0.2, 0.25) is 0 Å². The monoisotopic (exact) mass is 297 g/mol. The topological polar surface area (TPSA) is 49.0 Å². The molecule has 5 nitrogen and oxygen atoms in total. The minimum absolute atomic E-state index is 0.546. The Morgan fingerprint density at radius 2 is 1.48 bits per heavy atom. The average Bonchev–Trinajstić information content (AvgIpc) is 2.52. The average molecular weight is 297 g/mol. The lowest BCUT2D eigenvalue weighted by molar-refractivity contribution is 0.0180. The highest BCUT2D eigenvalue weighted by molar-refractivity contribution is 5.27. The number of hydrogen-bond acceptors (Lipinski definition) is 5. The van der Waals surface area contributed by atoms with Gasteiger partial charge in [0.1, 0.15) is 12.4 Å². The summed E-state index contributed by atoms with van der Waals surface area (Å²) in [6, 6.07) is 8.12. The third kappa shape index (κ3) is 9.42. The van der Waals surface area contributed by atoms with Gasteiger partial charge in [0.25, 0.3) is 0 Å². The molecular formula is C16H27NO4. The van der Waals surface area contributed by atoms with Gasteiger partial charge in [-0.25, -0.2) is 0 Å². The zero-order chi connectivity index (χ0) is 15.2. The van der Waals surface area contributed by atoms with Crippen molar-refractivity contribution in [1.82, 2.24) is 5.32 Å². The highest BCUT2D eigenvalue weighted by atomic mass is 16.6. The Bertz CT molecular complexity index is 343. The van der Waals surface area contributed by atoms with Crippen LogP contribution in [-0.2, 0) is 20.8 Å². The molecule has 0 fully saturated rings. The molecular weight excluding hydrogens is 270 g/mol. The van der Waals surface area contributed by atoms with E-state index in [0.29, 0.717) is 39.6 Å². The largest absolute Gasteiger partial charge is 0.491 e. The molecule has 21 heavy (non-hydrogen) atoms. The van der Waals surface area contributed by atoms with Crippen molar-refractivity contribution in [3.8, 4) is 5.75 Å². The molecule has 1 rings (SSSR count). The fourth-order valence-electron chi connectivity index (χ4n) is 1.66. The van der Waals surface area contributed by atoms with Crippen molar-refractivity contribution in [3.05, 3.63) is 29.8 Å². The zero-order valence-electron chi connectivity index (χ0n) is 13.1. The Morgan fingerprint density at radius 1 is 0.857 bits per heavy atom. The van der Waals surface area contributed by atoms with Gasteiger partial charge in [-0.1, -0.05) is 19.1 Å². The van der Waals surface area contributed by atoms with Crippen LogP contribution in [0.4, 0.5) is 0 Å². The molecule has 0 aromatic heterocycles. The number of nitrogens with one attached hydrogen (secondary N) is 1. The van der Waals surface area contributed by atoms with Crippen LogP contribution in [0.2, 0.25) is 0 Å². The van der Waals surface area contributed by atoms with E-state index in [-0.39, 0.29) is 0 Å². The number of hydrogen-bond donors (Lipinski definition) is 1. The maximum Gasteiger partial charge on any atom is 0.119 e. The van der Waals surface area contributed by atoms with E-state index < -0.39 is 0 Å². The van der Waals surface area contributed by atoms with E-state index in [9.17, 15) is 0 Å². The molecule has 0 aliphatic heterocycles. The molecule has 0 aliphatic rings. The van der Waals surface area contributed by atoms with Crippen molar-refractivity contribution in [3.63, 3.8) is 0 Å². The summed E-state index contributed by atoms with van der Waals surface area (Å²) in [7, 11) is 1.66. The summed E-state index contributed by atoms with van der Waals surface area (Å²) in [5.74, 6) is 0.871. The fraction of sp³-hybridized carbons (Fsp3) is 0.625. The summed E-state index contributed by atoms with van der Waals surface area (Å²) in [5.41, 5.74) is 1.26. The number of methoxy groups -OCH3 is 1. The fourth-order valence-corrected chi connectivity index (χ4v) is 1.66. The lowest BCUT2D eigenvalue weighted by Crippen LogP contribution is -2.12. The van der Waals surface area contributed by atoms with Crippen LogP contribution < -0.4 is 10.1 Å². The van der Waals surface area contributed by atoms with E-state index in [1.807, 2.05) is 12.1 Å². The van der Waals surface area contributed by atoms with Crippen molar-refractivity contribution in [2.24, 2.45) is 0 Å². The van der Waals surface area contributed by atoms with Crippen molar-refractivity contribution in [1.29, 1.82) is 0 Å². The summed E-state index contributed by atoms with van der Waals surface area (Å²) < 4.78 is 21.2. The normalized spacial score (nSPS) is 10.8. The Morgan fingerprint density at radius 3 is 2.10 bits per heavy atom. The molecule has 1 aromatic carbocycles. The number of rotatable bonds is 13. The molecule has 1 N–H and O–H groups in total. The molecule has 5 heteroatoms. The van der Waals surface area contributed by atoms with Gasteiger partial charge in [0.15, 0.2) is 0 Å². The van der Waals surface area contributed by atoms with Crippen molar-refractivity contribution >= 4 is 0 Å². The van der Waals surface area contributed by atoms with Crippen molar-refractivity contribution < 1.29 is 18.9 Å². The maximum absolute atomic E-state index is 5.60. The molecule has 0 spiro atoms. The van der Waals surface area contributed by atoms with Crippen LogP contribution in [0.3, 0.4) is 0 Å². The standard InChI is InChI=1S/C16H27NO4/c1-3-17-14-15-4-6-16(7-5-15)21-13-12-20-11-10-19-9-8-18-2/h4-7,17H,3,8-14H2,1-2H3. The predicted molar refractivity (Wildman–Crippen MR) is 82.8 cm³/mol. The highest BCUT2D eigenvalue weighted by Crippen LogP contribution is 2.11. The molecule has 0 aliphatic carbocycles. The second-order valence-corrected chi connectivity index (χ2v) is 4.49. The summed E-state index contributed by atoms with van der Waals surface area (Å²) in [4.78, 5) is 0. The predicted octanol–water partition coefficient (Wildman–Crippen LogP) is 1.85. The van der Waals surface area contributed by atoms with Crippen LogP contribution in [-0.4, -0.2) is 53.3 Å². The Kier molecular flexibility index (Phi) is 10.7. The van der Waals surface area contributed by atoms with Gasteiger partial charge in [-0.2, -0.15) is 0 Å². The first-order valence-corrected chi connectivity index (χ1v) is 7.43. The van der Waals surface area contributed by atoms with Gasteiger partial charge in [0, 0.05) is 13.7 Å². The van der Waals surface area contributed by atoms with Crippen molar-refractivity contribution in [2.45, 2.75) is 13.5 Å². The molecule has 0 unspecified atom stereocenters. The van der Waals surface area contributed by atoms with Crippen molar-refractivity contribution in [2.75, 3.05) is 53.3 Å². The Balaban J connectivity index is 1.99. The molecule has 0 atom stereocenters. The second-order valence-electron chi connectivity index (χ2n) is 4.49. The maximum atomic E-state index is 5.60. The van der Waals surface area contributed by atoms with E-state index in [1.165, 1.54) is 5.56 Å². The van der Waals surface area contributed by atoms with Crippen LogP contribution in [0, 0.1) is 0 Å². The Labute approximate surface area is 127 Å². The van der Waals surface area contributed by atoms with E-state index in [4.69, 9.17) is 18.9 Å². The Hall–Kier alpha value is -1.14. The molecule has 1 aromatic rings. The summed E-state index contributed by atoms with van der Waals surface area (Å²) in [6.45, 7) is 7.46. The zero-order valence-corrected chi connectivity index (χ0v) is 13.1. The SMILES string of the molecule is CCNCc1ccc(OCCOCCOCCOC)cc1. The third-order valence-corrected chi connectivity index (χ3v) is 2.80. The molecule has 0 bridgehead atoms. The molecule has 0 heterocycles. The lowest BCUT2D eigenvalue weighted by atomic mass is 10.2. The first kappa shape index (κ1) is 17.9. The first-order valence-electron chi connectivity index (χ1n) is 7.43. The molecule has 0 saturated carbocycles. The van der Waals surface area contributed by atoms with Gasteiger partial charge in [-0.3, -0.25) is 0 Å². The minimum atomic E-state index is 0.546. The van der Waals surface area contributed by atoms with Crippen LogP contribution >= 0.6 is 0 Å². The second kappa shape index (κ2) is 12.6. The van der Waals surface area contributed by atoms with Crippen LogP contribution in [0.5, 0.6) is 5.75 Å². The van der Waals surface area contributed by atoms with E-state index in [2.05, 4.69) is 24.4 Å². The number of ether oxygens (including phenoxy) is 4. The molecule has 0 radical (unpaired) electrons. The van der Waals surface area contributed by atoms with Crippen LogP contribution in [0.25, 0.3) is 0 Å². The smallest absolute Gasteiger partial charge is 0.119 e. The third-order valence-electron chi connectivity index (χ3n) is 2.80. The lowest BCUT2D eigenvalue weighted by Gasteiger charge is -2.08. The first-order chi connectivity index (χ1) is 10.4. The van der Waals surface area contributed by atoms with E-state index in [1.54, 1.807) is 7.11 Å². The van der Waals surface area contributed by atoms with Crippen LogP contribution in [0.15, 0.2) is 24.3 Å². The van der Waals surface area contributed by atoms with Gasteiger partial charge in [-0.05, 0) is 24.2 Å². The number of benzene rings is 1. The van der Waals surface area contributed by atoms with Gasteiger partial charge < -0.3 is 24.3 Å². The summed E-state index contributed by atoms with van der Waals surface area (Å²) >= 11 is 0. The van der Waals surface area contributed by atoms with Crippen LogP contribution in [0.1, 0.15) is 12.5 Å². The summed E-state index contributed by atoms with van der Waals surface area (Å²) in [6.07, 6.45) is 0. The van der Waals surface area contributed by atoms with Gasteiger partial charge in [0.05, 0.1) is 33.0 Å². The van der Waals surface area contributed by atoms with E-state index in [0.717, 1.165) is 18.8 Å².